The zero-order chi connectivity index (χ0) is 13.8. The number of ether oxygens (including phenoxy) is 2. The van der Waals surface area contributed by atoms with Crippen molar-refractivity contribution in [2.24, 2.45) is 0 Å². The van der Waals surface area contributed by atoms with Crippen LogP contribution in [0.15, 0.2) is 24.3 Å². The fourth-order valence-electron chi connectivity index (χ4n) is 1.82. The van der Waals surface area contributed by atoms with Gasteiger partial charge in [-0.05, 0) is 32.4 Å². The molecule has 0 spiro atoms. The third-order valence-corrected chi connectivity index (χ3v) is 2.87. The van der Waals surface area contributed by atoms with E-state index in [1.165, 1.54) is 12.0 Å². The van der Waals surface area contributed by atoms with Crippen molar-refractivity contribution in [3.8, 4) is 5.75 Å². The van der Waals surface area contributed by atoms with Gasteiger partial charge >= 0.3 is 0 Å². The van der Waals surface area contributed by atoms with Crippen molar-refractivity contribution in [2.75, 3.05) is 26.4 Å². The van der Waals surface area contributed by atoms with E-state index in [4.69, 9.17) is 9.47 Å². The molecule has 0 fully saturated rings. The predicted molar refractivity (Wildman–Crippen MR) is 79.7 cm³/mol. The molecule has 1 rings (SSSR count). The monoisotopic (exact) mass is 265 g/mol. The summed E-state index contributed by atoms with van der Waals surface area (Å²) in [5.41, 5.74) is 1.22. The van der Waals surface area contributed by atoms with Crippen LogP contribution in [0, 0.1) is 0 Å². The van der Waals surface area contributed by atoms with Crippen LogP contribution in [0.1, 0.15) is 38.7 Å². The first-order chi connectivity index (χ1) is 9.38. The van der Waals surface area contributed by atoms with E-state index < -0.39 is 0 Å². The summed E-state index contributed by atoms with van der Waals surface area (Å²) in [6.07, 6.45) is 3.42. The lowest BCUT2D eigenvalue weighted by Crippen LogP contribution is -2.17. The molecule has 0 bridgehead atoms. The summed E-state index contributed by atoms with van der Waals surface area (Å²) < 4.78 is 11.1. The van der Waals surface area contributed by atoms with Gasteiger partial charge in [-0.3, -0.25) is 0 Å². The second kappa shape index (κ2) is 10.8. The molecule has 1 aromatic carbocycles. The zero-order valence-electron chi connectivity index (χ0n) is 12.3. The van der Waals surface area contributed by atoms with Crippen LogP contribution in [0.4, 0.5) is 0 Å². The van der Waals surface area contributed by atoms with Gasteiger partial charge < -0.3 is 14.8 Å². The largest absolute Gasteiger partial charge is 0.494 e. The number of rotatable bonds is 11. The van der Waals surface area contributed by atoms with Crippen LogP contribution in [-0.2, 0) is 11.3 Å². The van der Waals surface area contributed by atoms with Gasteiger partial charge in [0, 0.05) is 25.3 Å². The summed E-state index contributed by atoms with van der Waals surface area (Å²) in [5, 5.41) is 3.43. The molecule has 0 aliphatic carbocycles. The first-order valence-corrected chi connectivity index (χ1v) is 7.37. The lowest BCUT2D eigenvalue weighted by molar-refractivity contribution is 0.128. The Bertz CT molecular complexity index is 328. The Labute approximate surface area is 117 Å². The van der Waals surface area contributed by atoms with Gasteiger partial charge in [0.1, 0.15) is 5.75 Å². The number of para-hydroxylation sites is 1. The number of hydrogen-bond acceptors (Lipinski definition) is 3. The molecule has 0 radical (unpaired) electrons. The van der Waals surface area contributed by atoms with E-state index in [0.29, 0.717) is 6.61 Å². The SMILES string of the molecule is CCCCOCCCNCc1ccccc1OCC. The average Bonchev–Trinajstić information content (AvgIpc) is 2.44. The van der Waals surface area contributed by atoms with Crippen LogP contribution in [-0.4, -0.2) is 26.4 Å². The molecule has 1 aromatic rings. The predicted octanol–water partition coefficient (Wildman–Crippen LogP) is 3.38. The topological polar surface area (TPSA) is 30.5 Å². The van der Waals surface area contributed by atoms with Crippen molar-refractivity contribution in [2.45, 2.75) is 39.7 Å². The molecule has 0 aliphatic heterocycles. The Morgan fingerprint density at radius 3 is 2.63 bits per heavy atom. The Balaban J connectivity index is 2.12. The number of hydrogen-bond donors (Lipinski definition) is 1. The Morgan fingerprint density at radius 2 is 1.84 bits per heavy atom. The standard InChI is InChI=1S/C16H27NO2/c1-3-5-12-18-13-8-11-17-14-15-9-6-7-10-16(15)19-4-2/h6-7,9-10,17H,3-5,8,11-14H2,1-2H3. The van der Waals surface area contributed by atoms with Gasteiger partial charge in [-0.2, -0.15) is 0 Å². The van der Waals surface area contributed by atoms with Crippen LogP contribution >= 0.6 is 0 Å². The molecule has 3 heteroatoms. The Morgan fingerprint density at radius 1 is 1.05 bits per heavy atom. The highest BCUT2D eigenvalue weighted by atomic mass is 16.5. The highest BCUT2D eigenvalue weighted by Gasteiger charge is 2.01. The van der Waals surface area contributed by atoms with E-state index in [9.17, 15) is 0 Å². The second-order valence-corrected chi connectivity index (χ2v) is 4.54. The summed E-state index contributed by atoms with van der Waals surface area (Å²) in [6, 6.07) is 8.19. The van der Waals surface area contributed by atoms with Gasteiger partial charge in [-0.15, -0.1) is 0 Å². The normalized spacial score (nSPS) is 10.6. The lowest BCUT2D eigenvalue weighted by Gasteiger charge is -2.11. The zero-order valence-corrected chi connectivity index (χ0v) is 12.3. The van der Waals surface area contributed by atoms with Crippen molar-refractivity contribution in [3.05, 3.63) is 29.8 Å². The van der Waals surface area contributed by atoms with Crippen molar-refractivity contribution in [3.63, 3.8) is 0 Å². The van der Waals surface area contributed by atoms with Gasteiger partial charge in [-0.1, -0.05) is 31.5 Å². The Hall–Kier alpha value is -1.06. The smallest absolute Gasteiger partial charge is 0.123 e. The van der Waals surface area contributed by atoms with Crippen molar-refractivity contribution >= 4 is 0 Å². The summed E-state index contributed by atoms with van der Waals surface area (Å²) in [5.74, 6) is 0.983. The van der Waals surface area contributed by atoms with Crippen LogP contribution in [0.5, 0.6) is 5.75 Å². The molecule has 0 aromatic heterocycles. The van der Waals surface area contributed by atoms with E-state index in [1.54, 1.807) is 0 Å². The van der Waals surface area contributed by atoms with Crippen LogP contribution in [0.2, 0.25) is 0 Å². The summed E-state index contributed by atoms with van der Waals surface area (Å²) >= 11 is 0. The van der Waals surface area contributed by atoms with E-state index in [2.05, 4.69) is 18.3 Å². The molecule has 0 aliphatic rings. The third-order valence-electron chi connectivity index (χ3n) is 2.87. The van der Waals surface area contributed by atoms with E-state index in [0.717, 1.165) is 44.9 Å². The average molecular weight is 265 g/mol. The molecule has 1 N–H and O–H groups in total. The summed E-state index contributed by atoms with van der Waals surface area (Å²) in [4.78, 5) is 0. The molecule has 0 heterocycles. The molecule has 108 valence electrons. The van der Waals surface area contributed by atoms with Crippen molar-refractivity contribution < 1.29 is 9.47 Å². The first-order valence-electron chi connectivity index (χ1n) is 7.37. The molecular formula is C16H27NO2. The summed E-state index contributed by atoms with van der Waals surface area (Å²) in [7, 11) is 0. The molecule has 3 nitrogen and oxygen atoms in total. The molecule has 0 amide bonds. The molecule has 0 saturated carbocycles. The van der Waals surface area contributed by atoms with Crippen LogP contribution in [0.3, 0.4) is 0 Å². The summed E-state index contributed by atoms with van der Waals surface area (Å²) in [6.45, 7) is 8.47. The van der Waals surface area contributed by atoms with Gasteiger partial charge in [0.15, 0.2) is 0 Å². The number of nitrogens with one attached hydrogen (secondary N) is 1. The van der Waals surface area contributed by atoms with Crippen molar-refractivity contribution in [1.29, 1.82) is 0 Å². The first kappa shape index (κ1) is 16.0. The second-order valence-electron chi connectivity index (χ2n) is 4.54. The molecule has 0 unspecified atom stereocenters. The number of unbranched alkanes of at least 4 members (excludes halogenated alkanes) is 1. The maximum absolute atomic E-state index is 5.59. The van der Waals surface area contributed by atoms with E-state index in [1.807, 2.05) is 25.1 Å². The van der Waals surface area contributed by atoms with Gasteiger partial charge in [-0.25, -0.2) is 0 Å². The van der Waals surface area contributed by atoms with Gasteiger partial charge in [0.2, 0.25) is 0 Å². The highest BCUT2D eigenvalue weighted by Crippen LogP contribution is 2.17. The minimum Gasteiger partial charge on any atom is -0.494 e. The quantitative estimate of drug-likeness (QED) is 0.622. The molecular weight excluding hydrogens is 238 g/mol. The molecule has 0 saturated heterocycles. The fraction of sp³-hybridized carbons (Fsp3) is 0.625. The maximum Gasteiger partial charge on any atom is 0.123 e. The third kappa shape index (κ3) is 7.19. The molecule has 0 atom stereocenters. The molecule has 19 heavy (non-hydrogen) atoms. The van der Waals surface area contributed by atoms with Crippen LogP contribution in [0.25, 0.3) is 0 Å². The highest BCUT2D eigenvalue weighted by molar-refractivity contribution is 5.33. The van der Waals surface area contributed by atoms with E-state index in [-0.39, 0.29) is 0 Å². The minimum atomic E-state index is 0.711. The maximum atomic E-state index is 5.59. The van der Waals surface area contributed by atoms with Gasteiger partial charge in [0.05, 0.1) is 6.61 Å². The number of benzene rings is 1. The van der Waals surface area contributed by atoms with Crippen LogP contribution < -0.4 is 10.1 Å². The Kier molecular flexibility index (Phi) is 9.11. The fourth-order valence-corrected chi connectivity index (χ4v) is 1.82. The van der Waals surface area contributed by atoms with E-state index >= 15 is 0 Å². The minimum absolute atomic E-state index is 0.711. The van der Waals surface area contributed by atoms with Gasteiger partial charge in [0.25, 0.3) is 0 Å². The lowest BCUT2D eigenvalue weighted by atomic mass is 10.2. The van der Waals surface area contributed by atoms with Crippen molar-refractivity contribution in [1.82, 2.24) is 5.32 Å².